The van der Waals surface area contributed by atoms with Gasteiger partial charge in [0.15, 0.2) is 0 Å². The van der Waals surface area contributed by atoms with E-state index in [0.717, 1.165) is 12.1 Å². The van der Waals surface area contributed by atoms with Crippen molar-refractivity contribution in [1.29, 1.82) is 0 Å². The summed E-state index contributed by atoms with van der Waals surface area (Å²) in [6.07, 6.45) is 4.82. The van der Waals surface area contributed by atoms with E-state index in [4.69, 9.17) is 0 Å². The highest BCUT2D eigenvalue weighted by molar-refractivity contribution is 7.00. The summed E-state index contributed by atoms with van der Waals surface area (Å²) < 4.78 is 0. The van der Waals surface area contributed by atoms with Crippen LogP contribution in [0.3, 0.4) is 0 Å². The van der Waals surface area contributed by atoms with Crippen LogP contribution in [0.15, 0.2) is 194 Å². The summed E-state index contributed by atoms with van der Waals surface area (Å²) in [6, 6.07) is 72.7. The lowest BCUT2D eigenvalue weighted by molar-refractivity contribution is 0.0106. The zero-order chi connectivity index (χ0) is 42.5. The minimum absolute atomic E-state index is 0.0141. The maximum Gasteiger partial charge on any atom is 0.252 e. The van der Waals surface area contributed by atoms with Gasteiger partial charge in [-0.3, -0.25) is 0 Å². The summed E-state index contributed by atoms with van der Waals surface area (Å²) in [7, 11) is 0. The third-order valence-electron chi connectivity index (χ3n) is 16.0. The number of para-hydroxylation sites is 3. The molecule has 2 unspecified atom stereocenters. The van der Waals surface area contributed by atoms with E-state index in [0.29, 0.717) is 0 Å². The number of benzene rings is 8. The SMILES string of the molecule is CC1(C)c2ccccc2N(c2cc3c4c(c2)N(c2ccc(-c5ccccc5)cc2)c2ccc(-c5ccccc5)cc2B4c2ccccc2N3c2ccccc2)C2(C)CCCCC12C. The second kappa shape index (κ2) is 14.1. The minimum atomic E-state index is -0.132. The van der Waals surface area contributed by atoms with Gasteiger partial charge in [-0.05, 0) is 124 Å². The van der Waals surface area contributed by atoms with Gasteiger partial charge in [0.1, 0.15) is 0 Å². The lowest BCUT2D eigenvalue weighted by atomic mass is 9.33. The van der Waals surface area contributed by atoms with Gasteiger partial charge in [0.2, 0.25) is 0 Å². The zero-order valence-electron chi connectivity index (χ0n) is 36.7. The van der Waals surface area contributed by atoms with Crippen molar-refractivity contribution < 1.29 is 0 Å². The van der Waals surface area contributed by atoms with Crippen molar-refractivity contribution in [3.05, 3.63) is 200 Å². The molecule has 0 bridgehead atoms. The van der Waals surface area contributed by atoms with E-state index in [1.54, 1.807) is 0 Å². The average molecular weight is 814 g/mol. The molecule has 12 rings (SSSR count). The number of hydrogen-bond acceptors (Lipinski definition) is 3. The van der Waals surface area contributed by atoms with E-state index >= 15 is 0 Å². The van der Waals surface area contributed by atoms with Gasteiger partial charge in [-0.25, -0.2) is 0 Å². The van der Waals surface area contributed by atoms with Crippen molar-refractivity contribution in [1.82, 2.24) is 0 Å². The van der Waals surface area contributed by atoms with Crippen LogP contribution in [0.4, 0.5) is 45.5 Å². The fourth-order valence-corrected chi connectivity index (χ4v) is 12.5. The molecule has 3 nitrogen and oxygen atoms in total. The van der Waals surface area contributed by atoms with Crippen molar-refractivity contribution in [2.45, 2.75) is 64.3 Å². The van der Waals surface area contributed by atoms with Crippen molar-refractivity contribution in [3.8, 4) is 22.3 Å². The van der Waals surface area contributed by atoms with Gasteiger partial charge in [0.25, 0.3) is 6.71 Å². The molecule has 0 amide bonds. The molecular formula is C59H52BN3. The first-order chi connectivity index (χ1) is 30.8. The van der Waals surface area contributed by atoms with Gasteiger partial charge in [-0.1, -0.05) is 173 Å². The van der Waals surface area contributed by atoms with Gasteiger partial charge in [-0.2, -0.15) is 0 Å². The third kappa shape index (κ3) is 5.46. The molecule has 0 N–H and O–H groups in total. The Balaban J connectivity index is 1.18. The van der Waals surface area contributed by atoms with Crippen LogP contribution in [0.25, 0.3) is 22.3 Å². The molecule has 2 atom stereocenters. The summed E-state index contributed by atoms with van der Waals surface area (Å²) in [6.45, 7) is 10.2. The molecule has 0 spiro atoms. The molecule has 4 aliphatic rings. The van der Waals surface area contributed by atoms with Gasteiger partial charge in [-0.15, -0.1) is 0 Å². The van der Waals surface area contributed by atoms with Crippen LogP contribution in [0.2, 0.25) is 0 Å². The molecule has 63 heavy (non-hydrogen) atoms. The number of anilines is 8. The Hall–Kier alpha value is -6.78. The molecule has 1 aliphatic carbocycles. The summed E-state index contributed by atoms with van der Waals surface area (Å²) in [5.41, 5.74) is 20.0. The summed E-state index contributed by atoms with van der Waals surface area (Å²) in [4.78, 5) is 7.93. The van der Waals surface area contributed by atoms with Crippen LogP contribution >= 0.6 is 0 Å². The Labute approximate surface area is 373 Å². The topological polar surface area (TPSA) is 9.72 Å². The van der Waals surface area contributed by atoms with Crippen molar-refractivity contribution in [3.63, 3.8) is 0 Å². The molecule has 8 aromatic rings. The average Bonchev–Trinajstić information content (AvgIpc) is 3.33. The Morgan fingerprint density at radius 1 is 0.397 bits per heavy atom. The smallest absolute Gasteiger partial charge is 0.252 e. The Kier molecular flexibility index (Phi) is 8.51. The number of fused-ring (bicyclic) bond motifs is 6. The fourth-order valence-electron chi connectivity index (χ4n) is 12.5. The second-order valence-electron chi connectivity index (χ2n) is 19.2. The van der Waals surface area contributed by atoms with Gasteiger partial charge in [0.05, 0.1) is 0 Å². The second-order valence-corrected chi connectivity index (χ2v) is 19.2. The summed E-state index contributed by atoms with van der Waals surface area (Å²) in [5.74, 6) is 0. The molecule has 1 fully saturated rings. The van der Waals surface area contributed by atoms with Crippen LogP contribution in [-0.4, -0.2) is 12.3 Å². The standard InChI is InChI=1S/C59H52BN3/c1-57(2)48-26-14-16-28-51(48)63(59(4)37-19-18-36-58(57,59)3)47-39-54-56-55(40-47)62(46-33-30-43(31-34-46)41-20-8-5-9-21-41)53-35-32-44(42-22-10-6-11-23-42)38-50(53)60(56)49-27-15-17-29-52(49)61(54)45-24-12-7-13-25-45/h5-17,20-35,38-40H,18-19,36-37H2,1-4H3. The highest BCUT2D eigenvalue weighted by Crippen LogP contribution is 2.65. The third-order valence-corrected chi connectivity index (χ3v) is 16.0. The van der Waals surface area contributed by atoms with Crippen molar-refractivity contribution >= 4 is 68.6 Å². The molecule has 4 heteroatoms. The van der Waals surface area contributed by atoms with Crippen molar-refractivity contribution in [2.24, 2.45) is 5.41 Å². The fraction of sp³-hybridized carbons (Fsp3) is 0.186. The predicted molar refractivity (Wildman–Crippen MR) is 268 cm³/mol. The van der Waals surface area contributed by atoms with Crippen molar-refractivity contribution in [2.75, 3.05) is 14.7 Å². The van der Waals surface area contributed by atoms with E-state index in [-0.39, 0.29) is 23.1 Å². The monoisotopic (exact) mass is 813 g/mol. The highest BCUT2D eigenvalue weighted by Gasteiger charge is 2.62. The summed E-state index contributed by atoms with van der Waals surface area (Å²) >= 11 is 0. The number of rotatable bonds is 5. The maximum atomic E-state index is 2.80. The first-order valence-corrected chi connectivity index (χ1v) is 22.9. The van der Waals surface area contributed by atoms with Crippen LogP contribution in [0.5, 0.6) is 0 Å². The first kappa shape index (κ1) is 37.9. The normalized spacial score (nSPS) is 20.3. The lowest BCUT2D eigenvalue weighted by Crippen LogP contribution is -2.67. The largest absolute Gasteiger partial charge is 0.335 e. The van der Waals surface area contributed by atoms with Crippen LogP contribution < -0.4 is 31.1 Å². The molecule has 1 saturated carbocycles. The predicted octanol–water partition coefficient (Wildman–Crippen LogP) is 13.9. The Morgan fingerprint density at radius 2 is 0.905 bits per heavy atom. The molecule has 3 heterocycles. The van der Waals surface area contributed by atoms with E-state index in [2.05, 4.69) is 237 Å². The molecule has 0 saturated heterocycles. The van der Waals surface area contributed by atoms with Gasteiger partial charge in [0, 0.05) is 56.5 Å². The zero-order valence-corrected chi connectivity index (χ0v) is 36.7. The van der Waals surface area contributed by atoms with Crippen LogP contribution in [-0.2, 0) is 5.41 Å². The first-order valence-electron chi connectivity index (χ1n) is 22.9. The van der Waals surface area contributed by atoms with E-state index in [9.17, 15) is 0 Å². The lowest BCUT2D eigenvalue weighted by Gasteiger charge is -2.66. The van der Waals surface area contributed by atoms with Gasteiger partial charge >= 0.3 is 0 Å². The van der Waals surface area contributed by atoms with E-state index in [1.165, 1.54) is 103 Å². The van der Waals surface area contributed by atoms with Gasteiger partial charge < -0.3 is 14.7 Å². The van der Waals surface area contributed by atoms with Crippen LogP contribution in [0, 0.1) is 5.41 Å². The highest BCUT2D eigenvalue weighted by atomic mass is 15.3. The molecule has 306 valence electrons. The number of hydrogen-bond donors (Lipinski definition) is 0. The Morgan fingerprint density at radius 3 is 1.59 bits per heavy atom. The number of nitrogens with zero attached hydrogens (tertiary/aromatic N) is 3. The minimum Gasteiger partial charge on any atom is -0.335 e. The Bertz CT molecular complexity index is 3040. The quantitative estimate of drug-likeness (QED) is 0.160. The molecule has 0 radical (unpaired) electrons. The molecule has 3 aliphatic heterocycles. The molecule has 0 aromatic heterocycles. The summed E-state index contributed by atoms with van der Waals surface area (Å²) in [5, 5.41) is 0. The molecular weight excluding hydrogens is 761 g/mol. The van der Waals surface area contributed by atoms with E-state index < -0.39 is 0 Å². The van der Waals surface area contributed by atoms with Crippen LogP contribution in [0.1, 0.15) is 58.9 Å². The maximum absolute atomic E-state index is 2.80. The molecule has 8 aromatic carbocycles. The van der Waals surface area contributed by atoms with E-state index in [1.807, 2.05) is 0 Å².